The molecule has 1 aliphatic heterocycles. The summed E-state index contributed by atoms with van der Waals surface area (Å²) >= 11 is 3.35. The molecule has 3 aromatic carbocycles. The van der Waals surface area contributed by atoms with Gasteiger partial charge in [0.1, 0.15) is 11.4 Å². The van der Waals surface area contributed by atoms with E-state index in [0.29, 0.717) is 32.7 Å². The molecule has 0 atom stereocenters. The summed E-state index contributed by atoms with van der Waals surface area (Å²) in [6, 6.07) is 18.4. The maximum absolute atomic E-state index is 12.9. The summed E-state index contributed by atoms with van der Waals surface area (Å²) in [5.41, 5.74) is 3.96. The molecular weight excluding hydrogens is 490 g/mol. The van der Waals surface area contributed by atoms with Gasteiger partial charge in [-0.25, -0.2) is 5.43 Å². The first-order chi connectivity index (χ1) is 16.0. The van der Waals surface area contributed by atoms with Crippen LogP contribution in [0.5, 0.6) is 17.2 Å². The summed E-state index contributed by atoms with van der Waals surface area (Å²) in [7, 11) is 0. The largest absolute Gasteiger partial charge is 0.508 e. The molecule has 0 saturated carbocycles. The van der Waals surface area contributed by atoms with E-state index in [-0.39, 0.29) is 18.2 Å². The Balaban J connectivity index is 1.57. The van der Waals surface area contributed by atoms with E-state index >= 15 is 0 Å². The van der Waals surface area contributed by atoms with Crippen LogP contribution in [0, 0.1) is 0 Å². The summed E-state index contributed by atoms with van der Waals surface area (Å²) in [6.07, 6.45) is 2.89. The number of benzene rings is 3. The topological polar surface area (TPSA) is 109 Å². The van der Waals surface area contributed by atoms with Crippen molar-refractivity contribution in [2.45, 2.75) is 0 Å². The normalized spacial score (nSPS) is 12.6. The monoisotopic (exact) mass is 507 g/mol. The van der Waals surface area contributed by atoms with Crippen molar-refractivity contribution in [1.82, 2.24) is 10.7 Å². The van der Waals surface area contributed by atoms with Crippen LogP contribution in [0.3, 0.4) is 0 Å². The highest BCUT2D eigenvalue weighted by Crippen LogP contribution is 2.33. The highest BCUT2D eigenvalue weighted by Gasteiger charge is 2.17. The number of nitrogens with one attached hydrogen (secondary N) is 2. The van der Waals surface area contributed by atoms with Crippen LogP contribution < -0.4 is 20.2 Å². The Kier molecular flexibility index (Phi) is 6.70. The third kappa shape index (κ3) is 5.58. The quantitative estimate of drug-likeness (QED) is 0.267. The fraction of sp³-hybridized carbons (Fsp3) is 0.0417. The molecule has 1 aliphatic rings. The molecule has 33 heavy (non-hydrogen) atoms. The van der Waals surface area contributed by atoms with E-state index in [1.165, 1.54) is 24.4 Å². The number of hydrogen-bond acceptors (Lipinski definition) is 6. The maximum Gasteiger partial charge on any atom is 0.287 e. The van der Waals surface area contributed by atoms with Gasteiger partial charge in [-0.2, -0.15) is 5.10 Å². The minimum atomic E-state index is -0.635. The number of ether oxygens (including phenoxy) is 2. The molecule has 0 unspecified atom stereocenters. The van der Waals surface area contributed by atoms with E-state index in [1.54, 1.807) is 54.6 Å². The molecule has 3 N–H and O–H groups in total. The molecule has 2 amide bonds. The summed E-state index contributed by atoms with van der Waals surface area (Å²) in [4.78, 5) is 25.5. The fourth-order valence-electron chi connectivity index (χ4n) is 2.96. The van der Waals surface area contributed by atoms with E-state index < -0.39 is 11.8 Å². The molecule has 0 bridgehead atoms. The Labute approximate surface area is 197 Å². The lowest BCUT2D eigenvalue weighted by molar-refractivity contribution is -0.117. The highest BCUT2D eigenvalue weighted by molar-refractivity contribution is 9.10. The van der Waals surface area contributed by atoms with Crippen LogP contribution in [0.15, 0.2) is 82.0 Å². The Morgan fingerprint density at radius 2 is 1.79 bits per heavy atom. The van der Waals surface area contributed by atoms with Crippen LogP contribution >= 0.6 is 15.9 Å². The van der Waals surface area contributed by atoms with Crippen molar-refractivity contribution in [3.05, 3.63) is 93.6 Å². The first-order valence-corrected chi connectivity index (χ1v) is 10.6. The lowest BCUT2D eigenvalue weighted by atomic mass is 10.1. The fourth-order valence-corrected chi connectivity index (χ4v) is 3.31. The van der Waals surface area contributed by atoms with E-state index in [1.807, 2.05) is 0 Å². The summed E-state index contributed by atoms with van der Waals surface area (Å²) in [5, 5.41) is 16.2. The Morgan fingerprint density at radius 1 is 1.00 bits per heavy atom. The predicted octanol–water partition coefficient (Wildman–Crippen LogP) is 3.80. The lowest BCUT2D eigenvalue weighted by Gasteiger charge is -2.09. The van der Waals surface area contributed by atoms with Crippen molar-refractivity contribution < 1.29 is 24.2 Å². The van der Waals surface area contributed by atoms with Crippen molar-refractivity contribution in [1.29, 1.82) is 0 Å². The number of carbonyl (C=O) groups excluding carboxylic acids is 2. The van der Waals surface area contributed by atoms with Crippen LogP contribution in [0.1, 0.15) is 21.5 Å². The minimum Gasteiger partial charge on any atom is -0.508 e. The molecule has 1 heterocycles. The molecule has 3 aromatic rings. The van der Waals surface area contributed by atoms with Gasteiger partial charge in [0, 0.05) is 15.6 Å². The zero-order valence-electron chi connectivity index (χ0n) is 17.1. The first-order valence-electron chi connectivity index (χ1n) is 9.79. The molecule has 4 rings (SSSR count). The number of phenols is 1. The Bertz CT molecular complexity index is 1260. The van der Waals surface area contributed by atoms with Crippen LogP contribution in [-0.4, -0.2) is 29.9 Å². The Morgan fingerprint density at radius 3 is 2.61 bits per heavy atom. The van der Waals surface area contributed by atoms with Crippen molar-refractivity contribution in [3.8, 4) is 17.2 Å². The van der Waals surface area contributed by atoms with Gasteiger partial charge in [-0.1, -0.05) is 40.2 Å². The van der Waals surface area contributed by atoms with E-state index in [0.717, 1.165) is 0 Å². The van der Waals surface area contributed by atoms with Gasteiger partial charge in [0.15, 0.2) is 11.5 Å². The van der Waals surface area contributed by atoms with Gasteiger partial charge in [0.2, 0.25) is 6.79 Å². The van der Waals surface area contributed by atoms with Crippen LogP contribution in [0.4, 0.5) is 0 Å². The molecule has 166 valence electrons. The number of fused-ring (bicyclic) bond motifs is 1. The average Bonchev–Trinajstić information content (AvgIpc) is 3.29. The predicted molar refractivity (Wildman–Crippen MR) is 126 cm³/mol. The molecular formula is C24H18BrN3O5. The van der Waals surface area contributed by atoms with Crippen LogP contribution in [-0.2, 0) is 4.79 Å². The van der Waals surface area contributed by atoms with Crippen molar-refractivity contribution in [3.63, 3.8) is 0 Å². The van der Waals surface area contributed by atoms with Gasteiger partial charge in [-0.3, -0.25) is 9.59 Å². The second kappa shape index (κ2) is 10.0. The standard InChI is InChI=1S/C24H18BrN3O5/c25-19-8-7-18(29)12-17(19)13-26-28-24(31)20(27-23(30)16-4-2-1-3-5-16)10-15-6-9-21-22(11-15)33-14-32-21/h1-13,29H,14H2,(H,27,30)(H,28,31)/b20-10-,26-13-. The van der Waals surface area contributed by atoms with Gasteiger partial charge in [-0.05, 0) is 54.1 Å². The zero-order valence-corrected chi connectivity index (χ0v) is 18.7. The molecule has 0 fully saturated rings. The van der Waals surface area contributed by atoms with Gasteiger partial charge in [-0.15, -0.1) is 0 Å². The summed E-state index contributed by atoms with van der Waals surface area (Å²) in [6.45, 7) is 0.125. The molecule has 0 saturated heterocycles. The first kappa shape index (κ1) is 22.1. The maximum atomic E-state index is 12.9. The highest BCUT2D eigenvalue weighted by atomic mass is 79.9. The lowest BCUT2D eigenvalue weighted by Crippen LogP contribution is -2.32. The van der Waals surface area contributed by atoms with Gasteiger partial charge < -0.3 is 19.9 Å². The summed E-state index contributed by atoms with van der Waals surface area (Å²) in [5.74, 6) is 0.129. The number of carbonyl (C=O) groups is 2. The molecule has 0 radical (unpaired) electrons. The average molecular weight is 508 g/mol. The van der Waals surface area contributed by atoms with Gasteiger partial charge >= 0.3 is 0 Å². The molecule has 0 aliphatic carbocycles. The number of halogens is 1. The second-order valence-electron chi connectivity index (χ2n) is 6.90. The number of phenolic OH excluding ortho intramolecular Hbond substituents is 1. The SMILES string of the molecule is O=C(N/N=C\c1cc(O)ccc1Br)/C(=C/c1ccc2c(c1)OCO2)NC(=O)c1ccccc1. The number of rotatable bonds is 6. The van der Waals surface area contributed by atoms with E-state index in [2.05, 4.69) is 31.8 Å². The van der Waals surface area contributed by atoms with Crippen molar-refractivity contribution >= 4 is 40.0 Å². The van der Waals surface area contributed by atoms with Crippen LogP contribution in [0.2, 0.25) is 0 Å². The number of nitrogens with zero attached hydrogens (tertiary/aromatic N) is 1. The smallest absolute Gasteiger partial charge is 0.287 e. The zero-order chi connectivity index (χ0) is 23.2. The molecule has 0 spiro atoms. The van der Waals surface area contributed by atoms with Gasteiger partial charge in [0.25, 0.3) is 11.8 Å². The molecule has 8 nitrogen and oxygen atoms in total. The third-order valence-electron chi connectivity index (χ3n) is 4.59. The van der Waals surface area contributed by atoms with Crippen LogP contribution in [0.25, 0.3) is 6.08 Å². The minimum absolute atomic E-state index is 0.0187. The van der Waals surface area contributed by atoms with Crippen molar-refractivity contribution in [2.75, 3.05) is 6.79 Å². The Hall–Kier alpha value is -4.11. The second-order valence-corrected chi connectivity index (χ2v) is 7.75. The van der Waals surface area contributed by atoms with E-state index in [9.17, 15) is 14.7 Å². The van der Waals surface area contributed by atoms with Crippen molar-refractivity contribution in [2.24, 2.45) is 5.10 Å². The van der Waals surface area contributed by atoms with E-state index in [4.69, 9.17) is 9.47 Å². The summed E-state index contributed by atoms with van der Waals surface area (Å²) < 4.78 is 11.4. The number of amides is 2. The number of hydrazone groups is 1. The number of aromatic hydroxyl groups is 1. The molecule has 9 heteroatoms. The number of hydrogen-bond donors (Lipinski definition) is 3. The third-order valence-corrected chi connectivity index (χ3v) is 5.31. The van der Waals surface area contributed by atoms with Gasteiger partial charge in [0.05, 0.1) is 6.21 Å². The molecule has 0 aromatic heterocycles.